The fraction of sp³-hybridized carbons (Fsp3) is 0.925. The molecule has 6 nitrogen and oxygen atoms in total. The number of ether oxygens (including phenoxy) is 1. The first-order valence-corrected chi connectivity index (χ1v) is 26.4. The standard InChI is InChI=1S/C53H103NO5/c1-4-7-10-13-16-19-22-24-25-26-28-30-33-36-39-42-45-51(56)50(48-55)54-52(57)47-49(44-41-38-35-32-29-21-18-15-12-9-6-3)59-53(58)46-43-40-37-34-31-27-23-20-17-14-11-8-5-2/h27,31,49-51,55-56H,4-26,28-30,32-48H2,1-3H3,(H,54,57)/b31-27-. The molecule has 0 rings (SSSR count). The molecule has 0 saturated carbocycles. The highest BCUT2D eigenvalue weighted by Crippen LogP contribution is 2.18. The molecular weight excluding hydrogens is 731 g/mol. The van der Waals surface area contributed by atoms with E-state index in [0.29, 0.717) is 19.3 Å². The molecular formula is C53H103NO5. The van der Waals surface area contributed by atoms with Crippen LogP contribution < -0.4 is 5.32 Å². The molecule has 59 heavy (non-hydrogen) atoms. The number of allylic oxidation sites excluding steroid dienone is 2. The van der Waals surface area contributed by atoms with Crippen LogP contribution in [0.1, 0.15) is 290 Å². The van der Waals surface area contributed by atoms with Gasteiger partial charge in [0.2, 0.25) is 5.91 Å². The van der Waals surface area contributed by atoms with Crippen molar-refractivity contribution < 1.29 is 24.5 Å². The fourth-order valence-corrected chi connectivity index (χ4v) is 8.31. The Kier molecular flexibility index (Phi) is 46.5. The lowest BCUT2D eigenvalue weighted by Gasteiger charge is -2.24. The van der Waals surface area contributed by atoms with Crippen LogP contribution in [0.2, 0.25) is 0 Å². The molecule has 350 valence electrons. The largest absolute Gasteiger partial charge is 0.462 e. The Labute approximate surface area is 368 Å². The number of esters is 1. The number of nitrogens with one attached hydrogen (secondary N) is 1. The summed E-state index contributed by atoms with van der Waals surface area (Å²) >= 11 is 0. The fourth-order valence-electron chi connectivity index (χ4n) is 8.31. The van der Waals surface area contributed by atoms with E-state index in [1.165, 1.54) is 193 Å². The molecule has 0 aliphatic rings. The molecule has 0 fully saturated rings. The Balaban J connectivity index is 4.47. The van der Waals surface area contributed by atoms with Gasteiger partial charge in [0.05, 0.1) is 25.2 Å². The highest BCUT2D eigenvalue weighted by molar-refractivity contribution is 5.77. The van der Waals surface area contributed by atoms with E-state index in [0.717, 1.165) is 51.4 Å². The minimum Gasteiger partial charge on any atom is -0.462 e. The minimum absolute atomic E-state index is 0.0785. The van der Waals surface area contributed by atoms with Crippen LogP contribution in [0.5, 0.6) is 0 Å². The van der Waals surface area contributed by atoms with E-state index in [4.69, 9.17) is 4.74 Å². The van der Waals surface area contributed by atoms with Crippen molar-refractivity contribution in [1.82, 2.24) is 5.32 Å². The summed E-state index contributed by atoms with van der Waals surface area (Å²) in [7, 11) is 0. The lowest BCUT2D eigenvalue weighted by Crippen LogP contribution is -2.46. The predicted molar refractivity (Wildman–Crippen MR) is 255 cm³/mol. The molecule has 0 radical (unpaired) electrons. The quantitative estimate of drug-likeness (QED) is 0.0322. The van der Waals surface area contributed by atoms with Gasteiger partial charge in [-0.3, -0.25) is 9.59 Å². The second-order valence-electron chi connectivity index (χ2n) is 18.3. The smallest absolute Gasteiger partial charge is 0.306 e. The van der Waals surface area contributed by atoms with E-state index in [1.54, 1.807) is 0 Å². The maximum Gasteiger partial charge on any atom is 0.306 e. The summed E-state index contributed by atoms with van der Waals surface area (Å²) in [6, 6.07) is -0.697. The van der Waals surface area contributed by atoms with Gasteiger partial charge in [0.15, 0.2) is 0 Å². The van der Waals surface area contributed by atoms with Crippen LogP contribution in [0.15, 0.2) is 12.2 Å². The van der Waals surface area contributed by atoms with E-state index >= 15 is 0 Å². The van der Waals surface area contributed by atoms with Gasteiger partial charge in [-0.15, -0.1) is 0 Å². The number of rotatable bonds is 48. The number of hydrogen-bond acceptors (Lipinski definition) is 5. The van der Waals surface area contributed by atoms with Crippen LogP contribution in [0, 0.1) is 0 Å². The molecule has 3 unspecified atom stereocenters. The third-order valence-electron chi connectivity index (χ3n) is 12.3. The topological polar surface area (TPSA) is 95.9 Å². The first-order chi connectivity index (χ1) is 29.0. The second kappa shape index (κ2) is 47.6. The molecule has 3 atom stereocenters. The van der Waals surface area contributed by atoms with Gasteiger partial charge in [-0.2, -0.15) is 0 Å². The number of carbonyl (C=O) groups is 2. The molecule has 0 aliphatic heterocycles. The number of carbonyl (C=O) groups excluding carboxylic acids is 2. The Hall–Kier alpha value is -1.40. The van der Waals surface area contributed by atoms with Gasteiger partial charge in [-0.1, -0.05) is 238 Å². The molecule has 0 aromatic heterocycles. The average Bonchev–Trinajstić information content (AvgIpc) is 3.23. The highest BCUT2D eigenvalue weighted by Gasteiger charge is 2.24. The Morgan fingerprint density at radius 1 is 0.475 bits per heavy atom. The predicted octanol–water partition coefficient (Wildman–Crippen LogP) is 15.7. The highest BCUT2D eigenvalue weighted by atomic mass is 16.5. The molecule has 0 aromatic rings. The van der Waals surface area contributed by atoms with Crippen molar-refractivity contribution in [3.8, 4) is 0 Å². The van der Waals surface area contributed by atoms with Crippen LogP contribution >= 0.6 is 0 Å². The zero-order valence-corrected chi connectivity index (χ0v) is 39.9. The van der Waals surface area contributed by atoms with Crippen LogP contribution in [-0.2, 0) is 14.3 Å². The lowest BCUT2D eigenvalue weighted by atomic mass is 10.0. The molecule has 0 aliphatic carbocycles. The van der Waals surface area contributed by atoms with Gasteiger partial charge in [0.1, 0.15) is 6.10 Å². The SMILES string of the molecule is CCCCCCCC/C=C\CCCCCC(=O)OC(CCCCCCCCCCCCC)CC(=O)NC(CO)C(O)CCCCCCCCCCCCCCCCCC. The van der Waals surface area contributed by atoms with Crippen molar-refractivity contribution in [2.24, 2.45) is 0 Å². The van der Waals surface area contributed by atoms with E-state index in [1.807, 2.05) is 0 Å². The van der Waals surface area contributed by atoms with Gasteiger partial charge in [0.25, 0.3) is 0 Å². The van der Waals surface area contributed by atoms with E-state index < -0.39 is 18.2 Å². The van der Waals surface area contributed by atoms with Crippen molar-refractivity contribution >= 4 is 11.9 Å². The van der Waals surface area contributed by atoms with Crippen LogP contribution in [0.3, 0.4) is 0 Å². The maximum atomic E-state index is 13.2. The molecule has 0 spiro atoms. The number of hydrogen-bond donors (Lipinski definition) is 3. The summed E-state index contributed by atoms with van der Waals surface area (Å²) in [5.74, 6) is -0.476. The molecule has 3 N–H and O–H groups in total. The summed E-state index contributed by atoms with van der Waals surface area (Å²) in [5, 5.41) is 23.8. The van der Waals surface area contributed by atoms with Gasteiger partial charge in [-0.05, 0) is 51.4 Å². The molecule has 0 bridgehead atoms. The summed E-state index contributed by atoms with van der Waals surface area (Å²) in [5.41, 5.74) is 0. The van der Waals surface area contributed by atoms with Gasteiger partial charge in [0, 0.05) is 6.42 Å². The Bertz CT molecular complexity index is 893. The Morgan fingerprint density at radius 2 is 0.814 bits per heavy atom. The molecule has 0 saturated heterocycles. The zero-order valence-electron chi connectivity index (χ0n) is 39.9. The molecule has 1 amide bonds. The normalized spacial score (nSPS) is 13.2. The van der Waals surface area contributed by atoms with Crippen LogP contribution in [0.25, 0.3) is 0 Å². The maximum absolute atomic E-state index is 13.2. The second-order valence-corrected chi connectivity index (χ2v) is 18.3. The first-order valence-electron chi connectivity index (χ1n) is 26.4. The van der Waals surface area contributed by atoms with E-state index in [2.05, 4.69) is 38.2 Å². The summed E-state index contributed by atoms with van der Waals surface area (Å²) < 4.78 is 5.92. The van der Waals surface area contributed by atoms with E-state index in [9.17, 15) is 19.8 Å². The number of amides is 1. The number of aliphatic hydroxyl groups is 2. The first kappa shape index (κ1) is 57.6. The minimum atomic E-state index is -0.784. The zero-order chi connectivity index (χ0) is 43.1. The summed E-state index contributed by atoms with van der Waals surface area (Å²) in [6.45, 7) is 6.49. The molecule has 0 aromatic carbocycles. The van der Waals surface area contributed by atoms with Crippen LogP contribution in [-0.4, -0.2) is 46.9 Å². The van der Waals surface area contributed by atoms with E-state index in [-0.39, 0.29) is 24.9 Å². The third kappa shape index (κ3) is 43.1. The van der Waals surface area contributed by atoms with Crippen molar-refractivity contribution in [1.29, 1.82) is 0 Å². The van der Waals surface area contributed by atoms with Crippen molar-refractivity contribution in [2.45, 2.75) is 309 Å². The van der Waals surface area contributed by atoms with Crippen molar-refractivity contribution in [3.05, 3.63) is 12.2 Å². The monoisotopic (exact) mass is 834 g/mol. The summed E-state index contributed by atoms with van der Waals surface area (Å²) in [4.78, 5) is 26.1. The van der Waals surface area contributed by atoms with Gasteiger partial charge in [-0.25, -0.2) is 0 Å². The average molecular weight is 834 g/mol. The molecule has 0 heterocycles. The third-order valence-corrected chi connectivity index (χ3v) is 12.3. The summed E-state index contributed by atoms with van der Waals surface area (Å²) in [6.07, 6.45) is 52.7. The number of unbranched alkanes of at least 4 members (excludes halogenated alkanes) is 34. The Morgan fingerprint density at radius 3 is 1.20 bits per heavy atom. The number of aliphatic hydroxyl groups excluding tert-OH is 2. The van der Waals surface area contributed by atoms with Gasteiger partial charge < -0.3 is 20.3 Å². The molecule has 6 heteroatoms. The van der Waals surface area contributed by atoms with Crippen LogP contribution in [0.4, 0.5) is 0 Å². The van der Waals surface area contributed by atoms with Gasteiger partial charge >= 0.3 is 5.97 Å². The lowest BCUT2D eigenvalue weighted by molar-refractivity contribution is -0.151. The van der Waals surface area contributed by atoms with Crippen molar-refractivity contribution in [3.63, 3.8) is 0 Å². The van der Waals surface area contributed by atoms with Crippen molar-refractivity contribution in [2.75, 3.05) is 6.61 Å².